The molecule has 1 heteroatoms. The maximum absolute atomic E-state index is 10.9. The molecule has 1 rings (SSSR count). The van der Waals surface area contributed by atoms with Crippen LogP contribution in [0.4, 0.5) is 0 Å². The fraction of sp³-hybridized carbons (Fsp3) is 0.556. The SMILES string of the molecule is C=CCC1CC[CH]C(=O)C1. The molecule has 1 saturated carbocycles. The van der Waals surface area contributed by atoms with Crippen molar-refractivity contribution in [2.75, 3.05) is 0 Å². The van der Waals surface area contributed by atoms with Crippen molar-refractivity contribution in [3.63, 3.8) is 0 Å². The molecule has 1 aliphatic rings. The minimum absolute atomic E-state index is 0.318. The fourth-order valence-corrected chi connectivity index (χ4v) is 1.39. The van der Waals surface area contributed by atoms with Crippen LogP contribution in [0.5, 0.6) is 0 Å². The Morgan fingerprint density at radius 2 is 2.60 bits per heavy atom. The predicted octanol–water partition coefficient (Wildman–Crippen LogP) is 2.14. The van der Waals surface area contributed by atoms with Gasteiger partial charge in [-0.15, -0.1) is 6.58 Å². The van der Waals surface area contributed by atoms with Crippen LogP contribution in [0.2, 0.25) is 0 Å². The van der Waals surface area contributed by atoms with E-state index in [1.807, 2.05) is 6.08 Å². The Morgan fingerprint density at radius 3 is 3.20 bits per heavy atom. The number of carbonyl (C=O) groups excluding carboxylic acids is 1. The summed E-state index contributed by atoms with van der Waals surface area (Å²) in [5.74, 6) is 0.896. The van der Waals surface area contributed by atoms with Crippen LogP contribution in [0.3, 0.4) is 0 Å². The van der Waals surface area contributed by atoms with E-state index in [2.05, 4.69) is 6.58 Å². The number of ketones is 1. The summed E-state index contributed by atoms with van der Waals surface area (Å²) in [6.07, 6.45) is 7.59. The van der Waals surface area contributed by atoms with Gasteiger partial charge in [-0.25, -0.2) is 0 Å². The summed E-state index contributed by atoms with van der Waals surface area (Å²) in [6.45, 7) is 3.66. The maximum Gasteiger partial charge on any atom is 0.136 e. The Labute approximate surface area is 62.1 Å². The minimum atomic E-state index is 0.318. The zero-order valence-corrected chi connectivity index (χ0v) is 6.18. The minimum Gasteiger partial charge on any atom is -0.299 e. The Kier molecular flexibility index (Phi) is 2.67. The maximum atomic E-state index is 10.9. The lowest BCUT2D eigenvalue weighted by Gasteiger charge is -2.18. The quantitative estimate of drug-likeness (QED) is 0.533. The third kappa shape index (κ3) is 1.98. The van der Waals surface area contributed by atoms with E-state index in [1.54, 1.807) is 6.42 Å². The molecule has 0 saturated heterocycles. The van der Waals surface area contributed by atoms with Crippen molar-refractivity contribution in [2.24, 2.45) is 5.92 Å². The van der Waals surface area contributed by atoms with Gasteiger partial charge in [0.15, 0.2) is 0 Å². The van der Waals surface area contributed by atoms with Gasteiger partial charge in [0.25, 0.3) is 0 Å². The average Bonchev–Trinajstić information content (AvgIpc) is 1.88. The summed E-state index contributed by atoms with van der Waals surface area (Å²) in [5.41, 5.74) is 0. The highest BCUT2D eigenvalue weighted by molar-refractivity contribution is 5.87. The highest BCUT2D eigenvalue weighted by Crippen LogP contribution is 2.23. The molecule has 0 N–H and O–H groups in total. The van der Waals surface area contributed by atoms with Crippen LogP contribution in [0, 0.1) is 12.3 Å². The van der Waals surface area contributed by atoms with Crippen LogP contribution in [0.15, 0.2) is 12.7 Å². The Balaban J connectivity index is 2.31. The van der Waals surface area contributed by atoms with E-state index < -0.39 is 0 Å². The van der Waals surface area contributed by atoms with E-state index in [1.165, 1.54) is 0 Å². The van der Waals surface area contributed by atoms with E-state index in [9.17, 15) is 4.79 Å². The van der Waals surface area contributed by atoms with E-state index in [0.717, 1.165) is 25.7 Å². The van der Waals surface area contributed by atoms with Crippen LogP contribution >= 0.6 is 0 Å². The molecule has 1 aliphatic carbocycles. The van der Waals surface area contributed by atoms with E-state index in [0.29, 0.717) is 11.7 Å². The molecule has 1 atom stereocenters. The fourth-order valence-electron chi connectivity index (χ4n) is 1.39. The van der Waals surface area contributed by atoms with E-state index in [-0.39, 0.29) is 0 Å². The number of hydrogen-bond acceptors (Lipinski definition) is 1. The summed E-state index contributed by atoms with van der Waals surface area (Å²) < 4.78 is 0. The van der Waals surface area contributed by atoms with E-state index >= 15 is 0 Å². The molecule has 1 fully saturated rings. The second-order valence-corrected chi connectivity index (χ2v) is 2.84. The van der Waals surface area contributed by atoms with Crippen molar-refractivity contribution in [1.29, 1.82) is 0 Å². The summed E-state index contributed by atoms with van der Waals surface area (Å²) in [4.78, 5) is 10.9. The first kappa shape index (κ1) is 7.52. The monoisotopic (exact) mass is 137 g/mol. The van der Waals surface area contributed by atoms with Crippen LogP contribution in [0.1, 0.15) is 25.7 Å². The third-order valence-corrected chi connectivity index (χ3v) is 1.94. The molecule has 0 spiro atoms. The van der Waals surface area contributed by atoms with Gasteiger partial charge < -0.3 is 0 Å². The lowest BCUT2D eigenvalue weighted by atomic mass is 9.86. The molecule has 0 aromatic rings. The summed E-state index contributed by atoms with van der Waals surface area (Å²) in [7, 11) is 0. The Morgan fingerprint density at radius 1 is 1.80 bits per heavy atom. The molecule has 0 heterocycles. The van der Waals surface area contributed by atoms with Crippen molar-refractivity contribution in [1.82, 2.24) is 0 Å². The number of allylic oxidation sites excluding steroid dienone is 1. The highest BCUT2D eigenvalue weighted by atomic mass is 16.1. The standard InChI is InChI=1S/C9H13O/c1-2-4-8-5-3-6-9(10)7-8/h2,6,8H,1,3-5,7H2. The molecule has 10 heavy (non-hydrogen) atoms. The molecule has 0 aromatic carbocycles. The molecule has 1 radical (unpaired) electrons. The summed E-state index contributed by atoms with van der Waals surface area (Å²) in [5, 5.41) is 0. The third-order valence-electron chi connectivity index (χ3n) is 1.94. The van der Waals surface area contributed by atoms with Crippen molar-refractivity contribution in [3.8, 4) is 0 Å². The van der Waals surface area contributed by atoms with Gasteiger partial charge in [-0.05, 0) is 25.2 Å². The molecule has 55 valence electrons. The highest BCUT2D eigenvalue weighted by Gasteiger charge is 2.17. The number of carbonyl (C=O) groups is 1. The molecular weight excluding hydrogens is 124 g/mol. The van der Waals surface area contributed by atoms with Gasteiger partial charge in [0.2, 0.25) is 0 Å². The van der Waals surface area contributed by atoms with Gasteiger partial charge in [-0.3, -0.25) is 4.79 Å². The van der Waals surface area contributed by atoms with Gasteiger partial charge in [0, 0.05) is 12.8 Å². The van der Waals surface area contributed by atoms with Crippen molar-refractivity contribution < 1.29 is 4.79 Å². The predicted molar refractivity (Wildman–Crippen MR) is 41.5 cm³/mol. The molecule has 1 unspecified atom stereocenters. The first-order valence-electron chi connectivity index (χ1n) is 3.80. The lowest BCUT2D eigenvalue weighted by Crippen LogP contribution is -2.14. The topological polar surface area (TPSA) is 17.1 Å². The van der Waals surface area contributed by atoms with E-state index in [4.69, 9.17) is 0 Å². The zero-order valence-electron chi connectivity index (χ0n) is 6.18. The average molecular weight is 137 g/mol. The smallest absolute Gasteiger partial charge is 0.136 e. The van der Waals surface area contributed by atoms with Crippen LogP contribution in [-0.4, -0.2) is 5.78 Å². The second kappa shape index (κ2) is 3.55. The van der Waals surface area contributed by atoms with Gasteiger partial charge in [0.1, 0.15) is 5.78 Å². The normalized spacial score (nSPS) is 26.4. The Bertz CT molecular complexity index is 138. The number of hydrogen-bond donors (Lipinski definition) is 0. The van der Waals surface area contributed by atoms with Crippen molar-refractivity contribution in [2.45, 2.75) is 25.7 Å². The molecule has 0 bridgehead atoms. The number of rotatable bonds is 2. The zero-order chi connectivity index (χ0) is 7.40. The lowest BCUT2D eigenvalue weighted by molar-refractivity contribution is -0.117. The second-order valence-electron chi connectivity index (χ2n) is 2.84. The largest absolute Gasteiger partial charge is 0.299 e. The molecule has 1 nitrogen and oxygen atoms in total. The molecular formula is C9H13O. The van der Waals surface area contributed by atoms with Crippen molar-refractivity contribution >= 4 is 5.78 Å². The van der Waals surface area contributed by atoms with Crippen LogP contribution < -0.4 is 0 Å². The molecule has 0 amide bonds. The van der Waals surface area contributed by atoms with Crippen molar-refractivity contribution in [3.05, 3.63) is 19.1 Å². The van der Waals surface area contributed by atoms with Gasteiger partial charge in [-0.2, -0.15) is 0 Å². The summed E-state index contributed by atoms with van der Waals surface area (Å²) in [6, 6.07) is 0. The van der Waals surface area contributed by atoms with Gasteiger partial charge >= 0.3 is 0 Å². The Hall–Kier alpha value is -0.590. The van der Waals surface area contributed by atoms with Crippen LogP contribution in [-0.2, 0) is 4.79 Å². The van der Waals surface area contributed by atoms with Gasteiger partial charge in [0.05, 0.1) is 0 Å². The molecule has 0 aliphatic heterocycles. The van der Waals surface area contributed by atoms with Crippen LogP contribution in [0.25, 0.3) is 0 Å². The number of Topliss-reactive ketones (excluding diaryl/α,β-unsaturated/α-hetero) is 1. The first-order chi connectivity index (χ1) is 4.83. The molecule has 0 aromatic heterocycles. The van der Waals surface area contributed by atoms with Gasteiger partial charge in [-0.1, -0.05) is 6.08 Å². The first-order valence-corrected chi connectivity index (χ1v) is 3.80. The summed E-state index contributed by atoms with van der Waals surface area (Å²) >= 11 is 0.